The summed E-state index contributed by atoms with van der Waals surface area (Å²) in [6.07, 6.45) is 0.999. The van der Waals surface area contributed by atoms with Crippen LogP contribution in [0.15, 0.2) is 42.5 Å². The molecule has 2 unspecified atom stereocenters. The molecule has 0 saturated heterocycles. The molecule has 0 amide bonds. The quantitative estimate of drug-likeness (QED) is 0.942. The van der Waals surface area contributed by atoms with E-state index in [-0.39, 0.29) is 0 Å². The summed E-state index contributed by atoms with van der Waals surface area (Å²) in [5.74, 6) is 1.94. The Hall–Kier alpha value is -2.00. The van der Waals surface area contributed by atoms with Crippen molar-refractivity contribution in [2.24, 2.45) is 0 Å². The van der Waals surface area contributed by atoms with Crippen LogP contribution in [0.3, 0.4) is 0 Å². The van der Waals surface area contributed by atoms with E-state index in [1.54, 1.807) is 14.2 Å². The van der Waals surface area contributed by atoms with Gasteiger partial charge in [-0.1, -0.05) is 30.3 Å². The number of methoxy groups -OCH3 is 2. The van der Waals surface area contributed by atoms with Crippen molar-refractivity contribution in [3.05, 3.63) is 59.2 Å². The molecule has 1 aliphatic heterocycles. The van der Waals surface area contributed by atoms with E-state index in [1.807, 2.05) is 0 Å². The lowest BCUT2D eigenvalue weighted by atomic mass is 9.87. The van der Waals surface area contributed by atoms with Crippen LogP contribution in [0.1, 0.15) is 29.5 Å². The first-order chi connectivity index (χ1) is 10.7. The molecule has 0 bridgehead atoms. The minimum Gasteiger partial charge on any atom is -0.493 e. The average molecular weight is 297 g/mol. The Morgan fingerprint density at radius 3 is 2.36 bits per heavy atom. The monoisotopic (exact) mass is 297 g/mol. The van der Waals surface area contributed by atoms with Crippen LogP contribution in [-0.4, -0.2) is 26.8 Å². The third-order valence-corrected chi connectivity index (χ3v) is 4.42. The van der Waals surface area contributed by atoms with Gasteiger partial charge in [0.15, 0.2) is 11.5 Å². The Morgan fingerprint density at radius 1 is 1.00 bits per heavy atom. The molecular formula is C19H23NO2. The number of hydrogen-bond donors (Lipinski definition) is 1. The smallest absolute Gasteiger partial charge is 0.161 e. The van der Waals surface area contributed by atoms with Gasteiger partial charge in [0, 0.05) is 18.5 Å². The normalized spacial score (nSPS) is 20.9. The van der Waals surface area contributed by atoms with Gasteiger partial charge in [-0.3, -0.25) is 0 Å². The number of fused-ring (bicyclic) bond motifs is 1. The van der Waals surface area contributed by atoms with Crippen LogP contribution in [0.25, 0.3) is 0 Å². The lowest BCUT2D eigenvalue weighted by Gasteiger charge is -2.20. The summed E-state index contributed by atoms with van der Waals surface area (Å²) in [4.78, 5) is 0. The molecule has 1 heterocycles. The maximum Gasteiger partial charge on any atom is 0.161 e. The predicted molar refractivity (Wildman–Crippen MR) is 89.0 cm³/mol. The Labute approximate surface area is 132 Å². The van der Waals surface area contributed by atoms with Gasteiger partial charge in [-0.05, 0) is 42.2 Å². The van der Waals surface area contributed by atoms with Crippen LogP contribution in [0.2, 0.25) is 0 Å². The minimum atomic E-state index is 0.334. The lowest BCUT2D eigenvalue weighted by Crippen LogP contribution is -2.29. The van der Waals surface area contributed by atoms with E-state index in [2.05, 4.69) is 54.7 Å². The van der Waals surface area contributed by atoms with Crippen LogP contribution in [0, 0.1) is 0 Å². The van der Waals surface area contributed by atoms with Gasteiger partial charge in [-0.15, -0.1) is 0 Å². The molecular weight excluding hydrogens is 274 g/mol. The zero-order chi connectivity index (χ0) is 15.5. The topological polar surface area (TPSA) is 30.5 Å². The standard InChI is InChI=1S/C19H23NO2/c1-13-9-15-10-18(21-2)19(22-3)11-16(15)17(12-20-13)14-7-5-4-6-8-14/h4-8,10-11,13,17,20H,9,12H2,1-3H3. The largest absolute Gasteiger partial charge is 0.493 e. The number of ether oxygens (including phenoxy) is 2. The van der Waals surface area contributed by atoms with Crippen molar-refractivity contribution in [1.82, 2.24) is 5.32 Å². The SMILES string of the molecule is COc1cc2c(cc1OC)C(c1ccccc1)CNC(C)C2. The molecule has 1 N–H and O–H groups in total. The van der Waals surface area contributed by atoms with Gasteiger partial charge in [0.1, 0.15) is 0 Å². The summed E-state index contributed by atoms with van der Waals surface area (Å²) in [5.41, 5.74) is 4.00. The van der Waals surface area contributed by atoms with Crippen molar-refractivity contribution < 1.29 is 9.47 Å². The summed E-state index contributed by atoms with van der Waals surface area (Å²) < 4.78 is 11.0. The molecule has 22 heavy (non-hydrogen) atoms. The van der Waals surface area contributed by atoms with Crippen molar-refractivity contribution in [2.45, 2.75) is 25.3 Å². The summed E-state index contributed by atoms with van der Waals surface area (Å²) in [6.45, 7) is 3.17. The fraction of sp³-hybridized carbons (Fsp3) is 0.368. The average Bonchev–Trinajstić information content (AvgIpc) is 2.72. The molecule has 3 rings (SSSR count). The van der Waals surface area contributed by atoms with E-state index in [4.69, 9.17) is 9.47 Å². The molecule has 0 aromatic heterocycles. The molecule has 3 nitrogen and oxygen atoms in total. The maximum absolute atomic E-state index is 5.51. The first kappa shape index (κ1) is 14.9. The maximum atomic E-state index is 5.51. The molecule has 0 fully saturated rings. The summed E-state index contributed by atoms with van der Waals surface area (Å²) >= 11 is 0. The Kier molecular flexibility index (Phi) is 4.34. The van der Waals surface area contributed by atoms with Gasteiger partial charge < -0.3 is 14.8 Å². The van der Waals surface area contributed by atoms with Crippen molar-refractivity contribution in [2.75, 3.05) is 20.8 Å². The number of benzene rings is 2. The molecule has 0 spiro atoms. The fourth-order valence-corrected chi connectivity index (χ4v) is 3.25. The summed E-state index contributed by atoms with van der Waals surface area (Å²) in [5, 5.41) is 3.63. The van der Waals surface area contributed by atoms with E-state index in [0.29, 0.717) is 12.0 Å². The van der Waals surface area contributed by atoms with Crippen LogP contribution in [0.5, 0.6) is 11.5 Å². The highest BCUT2D eigenvalue weighted by molar-refractivity contribution is 5.51. The van der Waals surface area contributed by atoms with E-state index < -0.39 is 0 Å². The second kappa shape index (κ2) is 6.41. The van der Waals surface area contributed by atoms with Gasteiger partial charge in [0.2, 0.25) is 0 Å². The Balaban J connectivity index is 2.12. The minimum absolute atomic E-state index is 0.334. The third kappa shape index (κ3) is 2.81. The highest BCUT2D eigenvalue weighted by atomic mass is 16.5. The predicted octanol–water partition coefficient (Wildman–Crippen LogP) is 3.37. The molecule has 2 aromatic rings. The van der Waals surface area contributed by atoms with Gasteiger partial charge >= 0.3 is 0 Å². The highest BCUT2D eigenvalue weighted by Crippen LogP contribution is 2.37. The zero-order valence-electron chi connectivity index (χ0n) is 13.4. The Morgan fingerprint density at radius 2 is 1.68 bits per heavy atom. The molecule has 0 radical (unpaired) electrons. The molecule has 0 saturated carbocycles. The zero-order valence-corrected chi connectivity index (χ0v) is 13.4. The first-order valence-electron chi connectivity index (χ1n) is 7.76. The summed E-state index contributed by atoms with van der Waals surface area (Å²) in [6, 6.07) is 15.4. The van der Waals surface area contributed by atoms with Gasteiger partial charge in [0.25, 0.3) is 0 Å². The summed E-state index contributed by atoms with van der Waals surface area (Å²) in [7, 11) is 3.39. The number of nitrogens with one attached hydrogen (secondary N) is 1. The van der Waals surface area contributed by atoms with Gasteiger partial charge in [0.05, 0.1) is 14.2 Å². The molecule has 2 atom stereocenters. The number of hydrogen-bond acceptors (Lipinski definition) is 3. The molecule has 3 heteroatoms. The van der Waals surface area contributed by atoms with E-state index >= 15 is 0 Å². The molecule has 0 aliphatic carbocycles. The van der Waals surface area contributed by atoms with Crippen LogP contribution in [-0.2, 0) is 6.42 Å². The highest BCUT2D eigenvalue weighted by Gasteiger charge is 2.25. The van der Waals surface area contributed by atoms with E-state index in [9.17, 15) is 0 Å². The van der Waals surface area contributed by atoms with Gasteiger partial charge in [-0.2, -0.15) is 0 Å². The van der Waals surface area contributed by atoms with E-state index in [0.717, 1.165) is 24.5 Å². The van der Waals surface area contributed by atoms with E-state index in [1.165, 1.54) is 16.7 Å². The second-order valence-corrected chi connectivity index (χ2v) is 5.88. The molecule has 1 aliphatic rings. The van der Waals surface area contributed by atoms with Crippen molar-refractivity contribution in [3.63, 3.8) is 0 Å². The third-order valence-electron chi connectivity index (χ3n) is 4.42. The van der Waals surface area contributed by atoms with Crippen molar-refractivity contribution in [3.8, 4) is 11.5 Å². The van der Waals surface area contributed by atoms with Crippen LogP contribution < -0.4 is 14.8 Å². The number of rotatable bonds is 3. The van der Waals surface area contributed by atoms with Gasteiger partial charge in [-0.25, -0.2) is 0 Å². The fourth-order valence-electron chi connectivity index (χ4n) is 3.25. The first-order valence-corrected chi connectivity index (χ1v) is 7.76. The van der Waals surface area contributed by atoms with Crippen LogP contribution >= 0.6 is 0 Å². The van der Waals surface area contributed by atoms with Crippen molar-refractivity contribution in [1.29, 1.82) is 0 Å². The Bertz CT molecular complexity index is 639. The second-order valence-electron chi connectivity index (χ2n) is 5.88. The van der Waals surface area contributed by atoms with Crippen LogP contribution in [0.4, 0.5) is 0 Å². The van der Waals surface area contributed by atoms with Crippen molar-refractivity contribution >= 4 is 0 Å². The lowest BCUT2D eigenvalue weighted by molar-refractivity contribution is 0.354. The molecule has 2 aromatic carbocycles. The molecule has 116 valence electrons.